The van der Waals surface area contributed by atoms with Gasteiger partial charge in [0.25, 0.3) is 0 Å². The van der Waals surface area contributed by atoms with E-state index in [1.165, 1.54) is 12.1 Å². The number of sulfonamides is 1. The van der Waals surface area contributed by atoms with Crippen molar-refractivity contribution >= 4 is 27.6 Å². The standard InChI is InChI=1S/C12H13ClN2O4S/c1-7(2)11(12(16)17)15-20(18,19)9-4-3-8(6-14)10(13)5-9/h3-5,7,11,15H,1-2H3,(H,16,17). The first-order valence-electron chi connectivity index (χ1n) is 5.64. The molecule has 0 radical (unpaired) electrons. The quantitative estimate of drug-likeness (QED) is 0.858. The van der Waals surface area contributed by atoms with Crippen LogP contribution >= 0.6 is 11.6 Å². The fraction of sp³-hybridized carbons (Fsp3) is 0.333. The maximum Gasteiger partial charge on any atom is 0.322 e. The number of aliphatic carboxylic acids is 1. The molecule has 6 nitrogen and oxygen atoms in total. The van der Waals surface area contributed by atoms with Crippen molar-refractivity contribution in [2.24, 2.45) is 5.92 Å². The van der Waals surface area contributed by atoms with Gasteiger partial charge in [0, 0.05) is 0 Å². The smallest absolute Gasteiger partial charge is 0.322 e. The van der Waals surface area contributed by atoms with Crippen LogP contribution in [0.25, 0.3) is 0 Å². The van der Waals surface area contributed by atoms with E-state index in [1.807, 2.05) is 6.07 Å². The molecule has 8 heteroatoms. The van der Waals surface area contributed by atoms with E-state index in [2.05, 4.69) is 4.72 Å². The zero-order valence-corrected chi connectivity index (χ0v) is 12.4. The molecular formula is C12H13ClN2O4S. The van der Waals surface area contributed by atoms with Crippen LogP contribution in [-0.4, -0.2) is 25.5 Å². The Labute approximate surface area is 122 Å². The number of carboxylic acids is 1. The zero-order chi connectivity index (χ0) is 15.5. The highest BCUT2D eigenvalue weighted by Crippen LogP contribution is 2.20. The molecule has 1 rings (SSSR count). The Morgan fingerprint density at radius 1 is 1.45 bits per heavy atom. The van der Waals surface area contributed by atoms with Crippen molar-refractivity contribution in [1.82, 2.24) is 4.72 Å². The molecule has 0 heterocycles. The lowest BCUT2D eigenvalue weighted by atomic mass is 10.1. The molecule has 1 unspecified atom stereocenters. The van der Waals surface area contributed by atoms with Gasteiger partial charge in [-0.2, -0.15) is 9.98 Å². The first-order chi connectivity index (χ1) is 9.19. The average molecular weight is 317 g/mol. The topological polar surface area (TPSA) is 107 Å². The van der Waals surface area contributed by atoms with Crippen molar-refractivity contribution in [2.75, 3.05) is 0 Å². The Balaban J connectivity index is 3.15. The van der Waals surface area contributed by atoms with Gasteiger partial charge in [-0.05, 0) is 24.1 Å². The third-order valence-corrected chi connectivity index (χ3v) is 4.34. The number of rotatable bonds is 5. The molecule has 0 bridgehead atoms. The van der Waals surface area contributed by atoms with Crippen LogP contribution in [0.1, 0.15) is 19.4 Å². The van der Waals surface area contributed by atoms with Crippen molar-refractivity contribution in [3.63, 3.8) is 0 Å². The van der Waals surface area contributed by atoms with E-state index < -0.39 is 28.0 Å². The predicted molar refractivity (Wildman–Crippen MR) is 72.8 cm³/mol. The van der Waals surface area contributed by atoms with Gasteiger partial charge >= 0.3 is 5.97 Å². The second-order valence-electron chi connectivity index (χ2n) is 4.43. The number of nitriles is 1. The first kappa shape index (κ1) is 16.4. The summed E-state index contributed by atoms with van der Waals surface area (Å²) in [5, 5.41) is 17.7. The highest BCUT2D eigenvalue weighted by atomic mass is 35.5. The molecule has 2 N–H and O–H groups in total. The summed E-state index contributed by atoms with van der Waals surface area (Å²) in [6.07, 6.45) is 0. The summed E-state index contributed by atoms with van der Waals surface area (Å²) in [7, 11) is -4.02. The van der Waals surface area contributed by atoms with Gasteiger partial charge in [0.2, 0.25) is 10.0 Å². The van der Waals surface area contributed by atoms with Gasteiger partial charge in [0.1, 0.15) is 12.1 Å². The Morgan fingerprint density at radius 2 is 2.05 bits per heavy atom. The van der Waals surface area contributed by atoms with Gasteiger partial charge in [-0.1, -0.05) is 25.4 Å². The molecule has 0 saturated heterocycles. The third kappa shape index (κ3) is 3.70. The Bertz CT molecular complexity index is 665. The maximum atomic E-state index is 12.1. The first-order valence-corrected chi connectivity index (χ1v) is 7.50. The number of hydrogen-bond donors (Lipinski definition) is 2. The number of benzene rings is 1. The second-order valence-corrected chi connectivity index (χ2v) is 6.56. The van der Waals surface area contributed by atoms with Crippen molar-refractivity contribution in [3.05, 3.63) is 28.8 Å². The maximum absolute atomic E-state index is 12.1. The molecule has 20 heavy (non-hydrogen) atoms. The fourth-order valence-corrected chi connectivity index (χ4v) is 3.11. The normalized spacial score (nSPS) is 12.9. The number of carbonyl (C=O) groups is 1. The number of nitrogens with zero attached hydrogens (tertiary/aromatic N) is 1. The highest BCUT2D eigenvalue weighted by Gasteiger charge is 2.28. The van der Waals surface area contributed by atoms with Crippen LogP contribution in [0.4, 0.5) is 0 Å². The number of carboxylic acid groups (broad SMARTS) is 1. The van der Waals surface area contributed by atoms with E-state index in [0.717, 1.165) is 6.07 Å². The molecule has 0 aliphatic carbocycles. The summed E-state index contributed by atoms with van der Waals surface area (Å²) in [4.78, 5) is 10.8. The zero-order valence-electron chi connectivity index (χ0n) is 10.8. The van der Waals surface area contributed by atoms with E-state index in [4.69, 9.17) is 22.0 Å². The summed E-state index contributed by atoms with van der Waals surface area (Å²) < 4.78 is 26.3. The third-order valence-electron chi connectivity index (χ3n) is 2.59. The minimum absolute atomic E-state index is 0.00760. The summed E-state index contributed by atoms with van der Waals surface area (Å²) in [5.74, 6) is -1.68. The van der Waals surface area contributed by atoms with Crippen LogP contribution in [0.15, 0.2) is 23.1 Å². The molecule has 0 fully saturated rings. The molecule has 0 aliphatic heterocycles. The lowest BCUT2D eigenvalue weighted by molar-refractivity contribution is -0.140. The number of halogens is 1. The molecule has 108 valence electrons. The van der Waals surface area contributed by atoms with Crippen LogP contribution in [0.2, 0.25) is 5.02 Å². The summed E-state index contributed by atoms with van der Waals surface area (Å²) >= 11 is 5.77. The molecule has 1 aromatic carbocycles. The Hall–Kier alpha value is -1.62. The van der Waals surface area contributed by atoms with Crippen LogP contribution in [0.3, 0.4) is 0 Å². The Kier molecular flexibility index (Phi) is 5.11. The van der Waals surface area contributed by atoms with E-state index in [1.54, 1.807) is 13.8 Å². The Morgan fingerprint density at radius 3 is 2.45 bits per heavy atom. The molecule has 1 atom stereocenters. The van der Waals surface area contributed by atoms with E-state index >= 15 is 0 Å². The van der Waals surface area contributed by atoms with Crippen LogP contribution < -0.4 is 4.72 Å². The van der Waals surface area contributed by atoms with Gasteiger partial charge in [-0.15, -0.1) is 0 Å². The van der Waals surface area contributed by atoms with Gasteiger partial charge in [-0.3, -0.25) is 4.79 Å². The molecule has 0 spiro atoms. The van der Waals surface area contributed by atoms with Crippen molar-refractivity contribution < 1.29 is 18.3 Å². The number of hydrogen-bond acceptors (Lipinski definition) is 4. The van der Waals surface area contributed by atoms with Gasteiger partial charge in [0.05, 0.1) is 15.5 Å². The summed E-state index contributed by atoms with van der Waals surface area (Å²) in [5.41, 5.74) is 0.143. The molecule has 0 aliphatic rings. The van der Waals surface area contributed by atoms with E-state index in [0.29, 0.717) is 0 Å². The van der Waals surface area contributed by atoms with Crippen LogP contribution in [-0.2, 0) is 14.8 Å². The lowest BCUT2D eigenvalue weighted by Crippen LogP contribution is -2.44. The monoisotopic (exact) mass is 316 g/mol. The highest BCUT2D eigenvalue weighted by molar-refractivity contribution is 7.89. The molecule has 0 aromatic heterocycles. The van der Waals surface area contributed by atoms with Crippen molar-refractivity contribution in [2.45, 2.75) is 24.8 Å². The summed E-state index contributed by atoms with van der Waals surface area (Å²) in [6.45, 7) is 3.18. The van der Waals surface area contributed by atoms with Crippen LogP contribution in [0.5, 0.6) is 0 Å². The van der Waals surface area contributed by atoms with Crippen molar-refractivity contribution in [1.29, 1.82) is 5.26 Å². The largest absolute Gasteiger partial charge is 0.480 e. The van der Waals surface area contributed by atoms with E-state index in [9.17, 15) is 13.2 Å². The number of nitrogens with one attached hydrogen (secondary N) is 1. The summed E-state index contributed by atoms with van der Waals surface area (Å²) in [6, 6.07) is 4.15. The average Bonchev–Trinajstić information content (AvgIpc) is 2.35. The molecule has 0 amide bonds. The van der Waals surface area contributed by atoms with Crippen molar-refractivity contribution in [3.8, 4) is 6.07 Å². The predicted octanol–water partition coefficient (Wildman–Crippen LogP) is 1.60. The minimum atomic E-state index is -4.02. The fourth-order valence-electron chi connectivity index (χ4n) is 1.46. The molecular weight excluding hydrogens is 304 g/mol. The van der Waals surface area contributed by atoms with Gasteiger partial charge in [0.15, 0.2) is 0 Å². The second kappa shape index (κ2) is 6.22. The lowest BCUT2D eigenvalue weighted by Gasteiger charge is -2.18. The molecule has 1 aromatic rings. The molecule has 0 saturated carbocycles. The van der Waals surface area contributed by atoms with E-state index in [-0.39, 0.29) is 15.5 Å². The minimum Gasteiger partial charge on any atom is -0.480 e. The van der Waals surface area contributed by atoms with Crippen LogP contribution in [0, 0.1) is 17.2 Å². The van der Waals surface area contributed by atoms with Gasteiger partial charge < -0.3 is 5.11 Å². The van der Waals surface area contributed by atoms with Gasteiger partial charge in [-0.25, -0.2) is 8.42 Å². The SMILES string of the molecule is CC(C)C(NS(=O)(=O)c1ccc(C#N)c(Cl)c1)C(=O)O.